The van der Waals surface area contributed by atoms with Crippen molar-refractivity contribution in [3.8, 4) is 11.3 Å². The first-order valence-corrected chi connectivity index (χ1v) is 8.53. The number of furan rings is 1. The SMILES string of the molecule is Cc1cc(Br)ccc1-c1ccc(CNCCCOC(C)C)o1. The third kappa shape index (κ3) is 5.27. The molecule has 1 N–H and O–H groups in total. The van der Waals surface area contributed by atoms with E-state index >= 15 is 0 Å². The summed E-state index contributed by atoms with van der Waals surface area (Å²) in [6.07, 6.45) is 1.32. The van der Waals surface area contributed by atoms with Crippen LogP contribution in [0.5, 0.6) is 0 Å². The standard InChI is InChI=1S/C18H24BrNO2/c1-13(2)21-10-4-9-20-12-16-6-8-18(22-16)17-7-5-15(19)11-14(17)3/h5-8,11,13,20H,4,9-10,12H2,1-3H3. The molecule has 0 spiro atoms. The second kappa shape index (κ2) is 8.51. The Morgan fingerprint density at radius 1 is 1.23 bits per heavy atom. The van der Waals surface area contributed by atoms with Crippen LogP contribution in [0.2, 0.25) is 0 Å². The normalized spacial score (nSPS) is 11.3. The number of ether oxygens (including phenoxy) is 1. The molecule has 4 heteroatoms. The minimum atomic E-state index is 0.307. The van der Waals surface area contributed by atoms with E-state index in [2.05, 4.69) is 54.2 Å². The van der Waals surface area contributed by atoms with Crippen LogP contribution in [0.15, 0.2) is 39.2 Å². The molecule has 0 aliphatic carbocycles. The molecule has 0 atom stereocenters. The number of benzene rings is 1. The molecule has 0 unspecified atom stereocenters. The molecule has 0 amide bonds. The molecule has 1 aromatic carbocycles. The van der Waals surface area contributed by atoms with Crippen LogP contribution in [0.25, 0.3) is 11.3 Å². The topological polar surface area (TPSA) is 34.4 Å². The molecular weight excluding hydrogens is 342 g/mol. The lowest BCUT2D eigenvalue weighted by atomic mass is 10.1. The van der Waals surface area contributed by atoms with Gasteiger partial charge in [0, 0.05) is 16.6 Å². The lowest BCUT2D eigenvalue weighted by Gasteiger charge is -2.07. The lowest BCUT2D eigenvalue weighted by molar-refractivity contribution is 0.0770. The van der Waals surface area contributed by atoms with E-state index in [0.717, 1.165) is 47.7 Å². The number of hydrogen-bond acceptors (Lipinski definition) is 3. The van der Waals surface area contributed by atoms with Crippen molar-refractivity contribution in [3.05, 3.63) is 46.1 Å². The smallest absolute Gasteiger partial charge is 0.134 e. The Balaban J connectivity index is 1.81. The highest BCUT2D eigenvalue weighted by molar-refractivity contribution is 9.10. The van der Waals surface area contributed by atoms with Crippen molar-refractivity contribution in [1.82, 2.24) is 5.32 Å². The van der Waals surface area contributed by atoms with Gasteiger partial charge in [-0.25, -0.2) is 0 Å². The highest BCUT2D eigenvalue weighted by atomic mass is 79.9. The van der Waals surface area contributed by atoms with Gasteiger partial charge in [-0.1, -0.05) is 15.9 Å². The van der Waals surface area contributed by atoms with E-state index in [4.69, 9.17) is 9.15 Å². The summed E-state index contributed by atoms with van der Waals surface area (Å²) in [7, 11) is 0. The lowest BCUT2D eigenvalue weighted by Crippen LogP contribution is -2.17. The Hall–Kier alpha value is -1.10. The van der Waals surface area contributed by atoms with E-state index in [0.29, 0.717) is 6.10 Å². The van der Waals surface area contributed by atoms with E-state index < -0.39 is 0 Å². The van der Waals surface area contributed by atoms with Crippen LogP contribution in [-0.2, 0) is 11.3 Å². The third-order valence-electron chi connectivity index (χ3n) is 3.36. The van der Waals surface area contributed by atoms with E-state index in [1.165, 1.54) is 5.56 Å². The van der Waals surface area contributed by atoms with Crippen LogP contribution >= 0.6 is 15.9 Å². The Kier molecular flexibility index (Phi) is 6.68. The first-order chi connectivity index (χ1) is 10.6. The Labute approximate surface area is 141 Å². The van der Waals surface area contributed by atoms with Gasteiger partial charge >= 0.3 is 0 Å². The molecule has 0 saturated carbocycles. The van der Waals surface area contributed by atoms with Gasteiger partial charge in [0.15, 0.2) is 0 Å². The summed E-state index contributed by atoms with van der Waals surface area (Å²) in [6, 6.07) is 10.3. The largest absolute Gasteiger partial charge is 0.460 e. The molecular formula is C18H24BrNO2. The molecule has 0 radical (unpaired) electrons. The molecule has 3 nitrogen and oxygen atoms in total. The van der Waals surface area contributed by atoms with Crippen molar-refractivity contribution in [2.24, 2.45) is 0 Å². The van der Waals surface area contributed by atoms with Gasteiger partial charge in [-0.2, -0.15) is 0 Å². The molecule has 0 saturated heterocycles. The van der Waals surface area contributed by atoms with E-state index in [9.17, 15) is 0 Å². The average Bonchev–Trinajstić information content (AvgIpc) is 2.91. The van der Waals surface area contributed by atoms with Crippen LogP contribution in [0.3, 0.4) is 0 Å². The fourth-order valence-corrected chi connectivity index (χ4v) is 2.72. The van der Waals surface area contributed by atoms with Gasteiger partial charge in [0.1, 0.15) is 11.5 Å². The van der Waals surface area contributed by atoms with Crippen LogP contribution in [0.1, 0.15) is 31.6 Å². The van der Waals surface area contributed by atoms with E-state index in [-0.39, 0.29) is 0 Å². The molecule has 1 aromatic heterocycles. The Morgan fingerprint density at radius 3 is 2.77 bits per heavy atom. The Morgan fingerprint density at radius 2 is 2.05 bits per heavy atom. The molecule has 2 rings (SSSR count). The number of hydrogen-bond donors (Lipinski definition) is 1. The third-order valence-corrected chi connectivity index (χ3v) is 3.86. The van der Waals surface area contributed by atoms with Crippen molar-refractivity contribution in [2.75, 3.05) is 13.2 Å². The molecule has 0 fully saturated rings. The first kappa shape index (κ1) is 17.3. The van der Waals surface area contributed by atoms with Crippen molar-refractivity contribution in [1.29, 1.82) is 0 Å². The highest BCUT2D eigenvalue weighted by Gasteiger charge is 2.07. The first-order valence-electron chi connectivity index (χ1n) is 7.74. The van der Waals surface area contributed by atoms with Gasteiger partial charge in [0.05, 0.1) is 12.6 Å². The number of rotatable bonds is 8. The fraction of sp³-hybridized carbons (Fsp3) is 0.444. The zero-order chi connectivity index (χ0) is 15.9. The summed E-state index contributed by atoms with van der Waals surface area (Å²) in [5.74, 6) is 1.88. The monoisotopic (exact) mass is 365 g/mol. The molecule has 120 valence electrons. The average molecular weight is 366 g/mol. The molecule has 0 bridgehead atoms. The molecule has 0 aliphatic rings. The van der Waals surface area contributed by atoms with Crippen molar-refractivity contribution in [3.63, 3.8) is 0 Å². The minimum absolute atomic E-state index is 0.307. The Bertz CT molecular complexity index is 593. The second-order valence-corrected chi connectivity index (χ2v) is 6.59. The molecule has 0 aliphatic heterocycles. The summed E-state index contributed by atoms with van der Waals surface area (Å²) in [6.45, 7) is 8.68. The van der Waals surface area contributed by atoms with Crippen molar-refractivity contribution < 1.29 is 9.15 Å². The van der Waals surface area contributed by atoms with Crippen molar-refractivity contribution >= 4 is 15.9 Å². The predicted octanol–water partition coefficient (Wildman–Crippen LogP) is 4.92. The minimum Gasteiger partial charge on any atom is -0.460 e. The molecule has 2 aromatic rings. The maximum Gasteiger partial charge on any atom is 0.134 e. The number of aryl methyl sites for hydroxylation is 1. The van der Waals surface area contributed by atoms with Crippen LogP contribution in [-0.4, -0.2) is 19.3 Å². The zero-order valence-corrected chi connectivity index (χ0v) is 15.1. The number of halogens is 1. The molecule has 22 heavy (non-hydrogen) atoms. The predicted molar refractivity (Wildman–Crippen MR) is 94.0 cm³/mol. The van der Waals surface area contributed by atoms with Gasteiger partial charge < -0.3 is 14.5 Å². The maximum atomic E-state index is 5.93. The van der Waals surface area contributed by atoms with Gasteiger partial charge in [0.25, 0.3) is 0 Å². The van der Waals surface area contributed by atoms with Crippen LogP contribution < -0.4 is 5.32 Å². The fourth-order valence-electron chi connectivity index (χ4n) is 2.25. The van der Waals surface area contributed by atoms with Gasteiger partial charge in [-0.15, -0.1) is 0 Å². The number of nitrogens with one attached hydrogen (secondary N) is 1. The quantitative estimate of drug-likeness (QED) is 0.674. The van der Waals surface area contributed by atoms with E-state index in [1.54, 1.807) is 0 Å². The zero-order valence-electron chi connectivity index (χ0n) is 13.5. The molecule has 1 heterocycles. The maximum absolute atomic E-state index is 5.93. The summed E-state index contributed by atoms with van der Waals surface area (Å²) in [5, 5.41) is 3.38. The van der Waals surface area contributed by atoms with Crippen LogP contribution in [0.4, 0.5) is 0 Å². The van der Waals surface area contributed by atoms with Crippen LogP contribution in [0, 0.1) is 6.92 Å². The van der Waals surface area contributed by atoms with Gasteiger partial charge in [0.2, 0.25) is 0 Å². The summed E-state index contributed by atoms with van der Waals surface area (Å²) < 4.78 is 12.5. The highest BCUT2D eigenvalue weighted by Crippen LogP contribution is 2.27. The van der Waals surface area contributed by atoms with E-state index in [1.807, 2.05) is 18.2 Å². The summed E-state index contributed by atoms with van der Waals surface area (Å²) in [4.78, 5) is 0. The van der Waals surface area contributed by atoms with Gasteiger partial charge in [-0.3, -0.25) is 0 Å². The summed E-state index contributed by atoms with van der Waals surface area (Å²) >= 11 is 3.49. The summed E-state index contributed by atoms with van der Waals surface area (Å²) in [5.41, 5.74) is 2.34. The van der Waals surface area contributed by atoms with Crippen molar-refractivity contribution in [2.45, 2.75) is 39.8 Å². The second-order valence-electron chi connectivity index (χ2n) is 5.68. The van der Waals surface area contributed by atoms with Gasteiger partial charge in [-0.05, 0) is 69.6 Å².